The van der Waals surface area contributed by atoms with Crippen molar-refractivity contribution in [3.05, 3.63) is 18.2 Å². The van der Waals surface area contributed by atoms with Crippen molar-refractivity contribution in [1.29, 1.82) is 5.26 Å². The van der Waals surface area contributed by atoms with Crippen LogP contribution in [0.4, 0.5) is 14.5 Å². The van der Waals surface area contributed by atoms with Gasteiger partial charge in [-0.05, 0) is 30.9 Å². The average Bonchev–Trinajstić information content (AvgIpc) is 2.67. The van der Waals surface area contributed by atoms with Crippen LogP contribution in [0.2, 0.25) is 0 Å². The van der Waals surface area contributed by atoms with Gasteiger partial charge in [0.1, 0.15) is 5.41 Å². The summed E-state index contributed by atoms with van der Waals surface area (Å²) in [5.74, 6) is -0.337. The van der Waals surface area contributed by atoms with E-state index >= 15 is 0 Å². The molecule has 3 rings (SSSR count). The molecule has 1 amide bonds. The minimum absolute atomic E-state index is 0.0924. The van der Waals surface area contributed by atoms with Crippen molar-refractivity contribution in [2.75, 3.05) is 5.32 Å². The molecule has 0 radical (unpaired) electrons. The Balaban J connectivity index is 1.76. The van der Waals surface area contributed by atoms with E-state index in [-0.39, 0.29) is 17.2 Å². The van der Waals surface area contributed by atoms with E-state index in [9.17, 15) is 18.8 Å². The van der Waals surface area contributed by atoms with Crippen LogP contribution in [0.15, 0.2) is 18.2 Å². The van der Waals surface area contributed by atoms with Gasteiger partial charge in [0.2, 0.25) is 5.91 Å². The normalized spacial score (nSPS) is 28.4. The van der Waals surface area contributed by atoms with Gasteiger partial charge in [-0.2, -0.15) is 5.26 Å². The quantitative estimate of drug-likeness (QED) is 0.910. The summed E-state index contributed by atoms with van der Waals surface area (Å²) >= 11 is 0. The molecule has 110 valence electrons. The molecule has 1 saturated carbocycles. The van der Waals surface area contributed by atoms with Crippen LogP contribution < -0.4 is 14.8 Å². The summed E-state index contributed by atoms with van der Waals surface area (Å²) in [5.41, 5.74) is -0.742. The number of nitriles is 1. The Bertz CT molecular complexity index is 648. The number of halogens is 2. The zero-order chi connectivity index (χ0) is 15.3. The van der Waals surface area contributed by atoms with Crippen LogP contribution in [0.25, 0.3) is 0 Å². The van der Waals surface area contributed by atoms with E-state index in [1.54, 1.807) is 0 Å². The molecule has 0 spiro atoms. The standard InChI is InChI=1S/C14H12F2N2O3/c1-8-5-13(6-8,7-17)12(19)18-9-2-3-10-11(4-9)21-14(15,16)20-10/h2-4,8H,5-6H2,1H3,(H,18,19). The highest BCUT2D eigenvalue weighted by Crippen LogP contribution is 2.46. The van der Waals surface area contributed by atoms with Crippen molar-refractivity contribution in [3.63, 3.8) is 0 Å². The van der Waals surface area contributed by atoms with E-state index in [1.165, 1.54) is 18.2 Å². The summed E-state index contributed by atoms with van der Waals surface area (Å²) < 4.78 is 34.4. The topological polar surface area (TPSA) is 71.4 Å². The first-order valence-electron chi connectivity index (χ1n) is 6.46. The summed E-state index contributed by atoms with van der Waals surface area (Å²) in [4.78, 5) is 12.2. The number of ether oxygens (including phenoxy) is 2. The van der Waals surface area contributed by atoms with E-state index in [1.807, 2.05) is 13.0 Å². The fraction of sp³-hybridized carbons (Fsp3) is 0.429. The second-order valence-electron chi connectivity index (χ2n) is 5.49. The lowest BCUT2D eigenvalue weighted by atomic mass is 9.63. The zero-order valence-electron chi connectivity index (χ0n) is 11.2. The number of nitrogens with one attached hydrogen (secondary N) is 1. The Morgan fingerprint density at radius 2 is 2.05 bits per heavy atom. The maximum absolute atomic E-state index is 12.9. The molecule has 1 heterocycles. The monoisotopic (exact) mass is 294 g/mol. The van der Waals surface area contributed by atoms with Crippen LogP contribution in [0.3, 0.4) is 0 Å². The zero-order valence-corrected chi connectivity index (χ0v) is 11.2. The Kier molecular flexibility index (Phi) is 2.80. The molecular formula is C14H12F2N2O3. The van der Waals surface area contributed by atoms with Crippen LogP contribution in [-0.4, -0.2) is 12.2 Å². The van der Waals surface area contributed by atoms with E-state index in [4.69, 9.17) is 0 Å². The summed E-state index contributed by atoms with van der Waals surface area (Å²) in [6.07, 6.45) is -2.70. The number of nitrogens with zero attached hydrogens (tertiary/aromatic N) is 1. The third-order valence-corrected chi connectivity index (χ3v) is 3.70. The largest absolute Gasteiger partial charge is 0.586 e. The molecule has 1 aliphatic heterocycles. The molecular weight excluding hydrogens is 282 g/mol. The first-order chi connectivity index (χ1) is 9.83. The first kappa shape index (κ1) is 13.6. The lowest BCUT2D eigenvalue weighted by Gasteiger charge is -2.39. The molecule has 0 bridgehead atoms. The molecule has 21 heavy (non-hydrogen) atoms. The number of carbonyl (C=O) groups is 1. The molecule has 7 heteroatoms. The van der Waals surface area contributed by atoms with Crippen molar-refractivity contribution in [2.45, 2.75) is 26.1 Å². The Hall–Kier alpha value is -2.36. The van der Waals surface area contributed by atoms with Gasteiger partial charge in [-0.3, -0.25) is 4.79 Å². The number of rotatable bonds is 2. The first-order valence-corrected chi connectivity index (χ1v) is 6.46. The molecule has 1 aromatic carbocycles. The Morgan fingerprint density at radius 3 is 2.67 bits per heavy atom. The summed E-state index contributed by atoms with van der Waals surface area (Å²) in [6, 6.07) is 6.01. The van der Waals surface area contributed by atoms with Crippen LogP contribution in [0.5, 0.6) is 11.5 Å². The lowest BCUT2D eigenvalue weighted by Crippen LogP contribution is -2.45. The second-order valence-corrected chi connectivity index (χ2v) is 5.49. The summed E-state index contributed by atoms with van der Waals surface area (Å²) in [6.45, 7) is 1.96. The fourth-order valence-electron chi connectivity index (χ4n) is 2.73. The SMILES string of the molecule is CC1CC(C#N)(C(=O)Nc2ccc3c(c2)OC(F)(F)O3)C1. The molecule has 0 unspecified atom stereocenters. The van der Waals surface area contributed by atoms with Crippen molar-refractivity contribution < 1.29 is 23.0 Å². The molecule has 0 atom stereocenters. The molecule has 1 aliphatic carbocycles. The van der Waals surface area contributed by atoms with E-state index in [0.717, 1.165) is 0 Å². The molecule has 0 saturated heterocycles. The molecule has 1 fully saturated rings. The maximum Gasteiger partial charge on any atom is 0.586 e. The summed E-state index contributed by atoms with van der Waals surface area (Å²) in [7, 11) is 0. The predicted molar refractivity (Wildman–Crippen MR) is 67.7 cm³/mol. The highest BCUT2D eigenvalue weighted by atomic mass is 19.3. The predicted octanol–water partition coefficient (Wildman–Crippen LogP) is 2.89. The van der Waals surface area contributed by atoms with Gasteiger partial charge < -0.3 is 14.8 Å². The number of benzene rings is 1. The number of alkyl halides is 2. The van der Waals surface area contributed by atoms with E-state index in [0.29, 0.717) is 18.8 Å². The average molecular weight is 294 g/mol. The number of fused-ring (bicyclic) bond motifs is 1. The number of hydrogen-bond donors (Lipinski definition) is 1. The smallest absolute Gasteiger partial charge is 0.395 e. The van der Waals surface area contributed by atoms with Gasteiger partial charge in [0, 0.05) is 11.8 Å². The second kappa shape index (κ2) is 4.32. The highest BCUT2D eigenvalue weighted by molar-refractivity contribution is 5.98. The number of hydrogen-bond acceptors (Lipinski definition) is 4. The van der Waals surface area contributed by atoms with Gasteiger partial charge in [-0.15, -0.1) is 8.78 Å². The van der Waals surface area contributed by atoms with Crippen LogP contribution in [0, 0.1) is 22.7 Å². The van der Waals surface area contributed by atoms with Crippen molar-refractivity contribution in [1.82, 2.24) is 0 Å². The molecule has 1 N–H and O–H groups in total. The lowest BCUT2D eigenvalue weighted by molar-refractivity contribution is -0.286. The Morgan fingerprint density at radius 1 is 1.38 bits per heavy atom. The van der Waals surface area contributed by atoms with Gasteiger partial charge in [-0.25, -0.2) is 0 Å². The highest BCUT2D eigenvalue weighted by Gasteiger charge is 2.49. The minimum Gasteiger partial charge on any atom is -0.395 e. The van der Waals surface area contributed by atoms with Gasteiger partial charge in [0.05, 0.1) is 6.07 Å². The van der Waals surface area contributed by atoms with Crippen molar-refractivity contribution in [2.24, 2.45) is 11.3 Å². The van der Waals surface area contributed by atoms with Crippen molar-refractivity contribution in [3.8, 4) is 17.6 Å². The third-order valence-electron chi connectivity index (χ3n) is 3.70. The molecule has 5 nitrogen and oxygen atoms in total. The number of amides is 1. The van der Waals surface area contributed by atoms with Crippen LogP contribution in [-0.2, 0) is 4.79 Å². The fourth-order valence-corrected chi connectivity index (χ4v) is 2.73. The maximum atomic E-state index is 12.9. The van der Waals surface area contributed by atoms with Crippen LogP contribution >= 0.6 is 0 Å². The van der Waals surface area contributed by atoms with Gasteiger partial charge in [0.25, 0.3) is 0 Å². The van der Waals surface area contributed by atoms with Gasteiger partial charge in [-0.1, -0.05) is 6.92 Å². The Labute approximate surface area is 119 Å². The molecule has 0 aromatic heterocycles. The number of anilines is 1. The summed E-state index contributed by atoms with van der Waals surface area (Å²) in [5, 5.41) is 11.7. The van der Waals surface area contributed by atoms with Crippen molar-refractivity contribution >= 4 is 11.6 Å². The molecule has 2 aliphatic rings. The van der Waals surface area contributed by atoms with E-state index < -0.39 is 17.6 Å². The van der Waals surface area contributed by atoms with Gasteiger partial charge in [0.15, 0.2) is 11.5 Å². The van der Waals surface area contributed by atoms with E-state index in [2.05, 4.69) is 14.8 Å². The minimum atomic E-state index is -3.69. The number of carbonyl (C=O) groups excluding carboxylic acids is 1. The van der Waals surface area contributed by atoms with Crippen LogP contribution in [0.1, 0.15) is 19.8 Å². The third kappa shape index (κ3) is 2.27. The van der Waals surface area contributed by atoms with Gasteiger partial charge >= 0.3 is 6.29 Å². The molecule has 1 aromatic rings.